The van der Waals surface area contributed by atoms with Crippen LogP contribution < -0.4 is 5.32 Å². The molecule has 7 nitrogen and oxygen atoms in total. The van der Waals surface area contributed by atoms with E-state index in [1.54, 1.807) is 24.7 Å². The van der Waals surface area contributed by atoms with Crippen molar-refractivity contribution in [3.8, 4) is 0 Å². The van der Waals surface area contributed by atoms with E-state index in [9.17, 15) is 9.59 Å². The van der Waals surface area contributed by atoms with E-state index in [0.29, 0.717) is 5.69 Å². The number of carboxylic acids is 1. The Morgan fingerprint density at radius 1 is 1.35 bits per heavy atom. The highest BCUT2D eigenvalue weighted by Gasteiger charge is 2.22. The number of aliphatic carboxylic acids is 1. The molecule has 1 atom stereocenters. The number of alkyl carbamates (subject to hydrolysis) is 1. The highest BCUT2D eigenvalue weighted by atomic mass is 16.5. The summed E-state index contributed by atoms with van der Waals surface area (Å²) in [6.07, 6.45) is 0.638. The van der Waals surface area contributed by atoms with E-state index in [1.165, 1.54) is 0 Å². The third kappa shape index (κ3) is 4.57. The number of carbonyl (C=O) groups excluding carboxylic acids is 1. The molecule has 0 unspecified atom stereocenters. The first kappa shape index (κ1) is 16.5. The zero-order chi connectivity index (χ0) is 16.8. The average Bonchev–Trinajstić information content (AvgIpc) is 2.85. The van der Waals surface area contributed by atoms with Crippen molar-refractivity contribution in [2.75, 3.05) is 0 Å². The van der Waals surface area contributed by atoms with Crippen LogP contribution in [0, 0.1) is 6.92 Å². The summed E-state index contributed by atoms with van der Waals surface area (Å²) in [5.41, 5.74) is 1.47. The number of benzene rings is 1. The van der Waals surface area contributed by atoms with Gasteiger partial charge < -0.3 is 19.7 Å². The molecule has 0 fully saturated rings. The van der Waals surface area contributed by atoms with E-state index in [2.05, 4.69) is 10.3 Å². The number of nitrogens with one attached hydrogen (secondary N) is 1. The van der Waals surface area contributed by atoms with E-state index >= 15 is 0 Å². The Labute approximate surface area is 133 Å². The van der Waals surface area contributed by atoms with Gasteiger partial charge in [-0.3, -0.25) is 4.79 Å². The zero-order valence-corrected chi connectivity index (χ0v) is 13.0. The van der Waals surface area contributed by atoms with Crippen LogP contribution in [0.1, 0.15) is 29.5 Å². The summed E-state index contributed by atoms with van der Waals surface area (Å²) in [6, 6.07) is 8.54. The maximum Gasteiger partial charge on any atom is 0.408 e. The van der Waals surface area contributed by atoms with E-state index in [0.717, 1.165) is 11.4 Å². The second-order valence-electron chi connectivity index (χ2n) is 5.15. The fourth-order valence-corrected chi connectivity index (χ4v) is 2.15. The van der Waals surface area contributed by atoms with Crippen LogP contribution >= 0.6 is 0 Å². The molecule has 2 N–H and O–H groups in total. The van der Waals surface area contributed by atoms with Crippen LogP contribution in [0.5, 0.6) is 0 Å². The van der Waals surface area contributed by atoms with E-state index in [4.69, 9.17) is 9.84 Å². The second kappa shape index (κ2) is 7.44. The molecule has 0 aliphatic rings. The van der Waals surface area contributed by atoms with Gasteiger partial charge in [0, 0.05) is 7.05 Å². The zero-order valence-electron chi connectivity index (χ0n) is 13.0. The van der Waals surface area contributed by atoms with Gasteiger partial charge in [0.2, 0.25) is 0 Å². The summed E-state index contributed by atoms with van der Waals surface area (Å²) in [4.78, 5) is 27.1. The van der Waals surface area contributed by atoms with Gasteiger partial charge in [-0.25, -0.2) is 9.78 Å². The molecule has 0 saturated carbocycles. The molecule has 0 aliphatic heterocycles. The Balaban J connectivity index is 2.01. The van der Waals surface area contributed by atoms with Crippen molar-refractivity contribution in [2.45, 2.75) is 26.0 Å². The maximum atomic E-state index is 11.9. The minimum absolute atomic E-state index is 0.122. The van der Waals surface area contributed by atoms with Crippen molar-refractivity contribution in [1.82, 2.24) is 14.9 Å². The van der Waals surface area contributed by atoms with Crippen LogP contribution in [0.3, 0.4) is 0 Å². The smallest absolute Gasteiger partial charge is 0.408 e. The van der Waals surface area contributed by atoms with Crippen molar-refractivity contribution in [3.05, 3.63) is 53.6 Å². The lowest BCUT2D eigenvalue weighted by Crippen LogP contribution is -2.31. The van der Waals surface area contributed by atoms with Crippen LogP contribution in [-0.4, -0.2) is 26.7 Å². The third-order valence-corrected chi connectivity index (χ3v) is 3.50. The van der Waals surface area contributed by atoms with Gasteiger partial charge in [0.1, 0.15) is 12.4 Å². The number of imidazole rings is 1. The topological polar surface area (TPSA) is 93.4 Å². The Morgan fingerprint density at radius 3 is 2.61 bits per heavy atom. The summed E-state index contributed by atoms with van der Waals surface area (Å²) in [7, 11) is 1.77. The molecule has 0 saturated heterocycles. The number of carbonyl (C=O) groups is 2. The molecule has 1 aromatic heterocycles. The Kier molecular flexibility index (Phi) is 5.35. The minimum atomic E-state index is -1.02. The summed E-state index contributed by atoms with van der Waals surface area (Å²) in [5.74, 6) is -0.285. The molecule has 0 bridgehead atoms. The highest BCUT2D eigenvalue weighted by Crippen LogP contribution is 2.17. The standard InChI is InChI=1S/C16H19N3O4/c1-11-17-9-14(19(11)2)13(8-15(20)21)18-16(22)23-10-12-6-4-3-5-7-12/h3-7,9,13H,8,10H2,1-2H3,(H,18,22)(H,20,21)/t13-/m0/s1. The summed E-state index contributed by atoms with van der Waals surface area (Å²) in [5, 5.41) is 11.6. The fraction of sp³-hybridized carbons (Fsp3) is 0.312. The van der Waals surface area contributed by atoms with E-state index in [1.807, 2.05) is 30.3 Å². The van der Waals surface area contributed by atoms with Crippen molar-refractivity contribution in [2.24, 2.45) is 7.05 Å². The second-order valence-corrected chi connectivity index (χ2v) is 5.15. The van der Waals surface area contributed by atoms with Gasteiger partial charge in [-0.15, -0.1) is 0 Å². The number of hydrogen-bond donors (Lipinski definition) is 2. The third-order valence-electron chi connectivity index (χ3n) is 3.50. The Morgan fingerprint density at radius 2 is 2.04 bits per heavy atom. The lowest BCUT2D eigenvalue weighted by molar-refractivity contribution is -0.137. The van der Waals surface area contributed by atoms with Crippen molar-refractivity contribution in [1.29, 1.82) is 0 Å². The van der Waals surface area contributed by atoms with Gasteiger partial charge in [-0.05, 0) is 12.5 Å². The summed E-state index contributed by atoms with van der Waals surface area (Å²) in [6.45, 7) is 1.92. The van der Waals surface area contributed by atoms with Gasteiger partial charge in [-0.2, -0.15) is 0 Å². The number of aryl methyl sites for hydroxylation is 1. The molecule has 23 heavy (non-hydrogen) atoms. The number of amides is 1. The molecular weight excluding hydrogens is 298 g/mol. The van der Waals surface area contributed by atoms with E-state index < -0.39 is 18.1 Å². The Bertz CT molecular complexity index is 682. The molecule has 2 aromatic rings. The van der Waals surface area contributed by atoms with E-state index in [-0.39, 0.29) is 13.0 Å². The number of nitrogens with zero attached hydrogens (tertiary/aromatic N) is 2. The van der Waals surface area contributed by atoms with Crippen LogP contribution in [-0.2, 0) is 23.2 Å². The molecule has 1 amide bonds. The van der Waals surface area contributed by atoms with Gasteiger partial charge in [0.05, 0.1) is 24.4 Å². The normalized spacial score (nSPS) is 11.7. The Hall–Kier alpha value is -2.83. The fourth-order valence-electron chi connectivity index (χ4n) is 2.15. The molecule has 1 heterocycles. The first-order chi connectivity index (χ1) is 11.0. The average molecular weight is 317 g/mol. The molecule has 0 spiro atoms. The number of ether oxygens (including phenoxy) is 1. The first-order valence-electron chi connectivity index (χ1n) is 7.14. The highest BCUT2D eigenvalue weighted by molar-refractivity contribution is 5.71. The molecule has 0 aliphatic carbocycles. The van der Waals surface area contributed by atoms with Crippen molar-refractivity contribution in [3.63, 3.8) is 0 Å². The molecule has 2 rings (SSSR count). The first-order valence-corrected chi connectivity index (χ1v) is 7.14. The van der Waals surface area contributed by atoms with Gasteiger partial charge in [0.15, 0.2) is 0 Å². The van der Waals surface area contributed by atoms with Crippen molar-refractivity contribution >= 4 is 12.1 Å². The van der Waals surface area contributed by atoms with Gasteiger partial charge in [-0.1, -0.05) is 30.3 Å². The lowest BCUT2D eigenvalue weighted by Gasteiger charge is -2.17. The molecule has 7 heteroatoms. The molecule has 122 valence electrons. The number of aromatic nitrogens is 2. The number of rotatable bonds is 6. The monoisotopic (exact) mass is 317 g/mol. The van der Waals surface area contributed by atoms with Crippen molar-refractivity contribution < 1.29 is 19.4 Å². The van der Waals surface area contributed by atoms with Gasteiger partial charge >= 0.3 is 12.1 Å². The molecule has 1 aromatic carbocycles. The number of hydrogen-bond acceptors (Lipinski definition) is 4. The number of carboxylic acid groups (broad SMARTS) is 1. The van der Waals surface area contributed by atoms with Crippen LogP contribution in [0.15, 0.2) is 36.5 Å². The maximum absolute atomic E-state index is 11.9. The predicted molar refractivity (Wildman–Crippen MR) is 82.7 cm³/mol. The van der Waals surface area contributed by atoms with Crippen LogP contribution in [0.2, 0.25) is 0 Å². The van der Waals surface area contributed by atoms with Crippen LogP contribution in [0.4, 0.5) is 4.79 Å². The minimum Gasteiger partial charge on any atom is -0.481 e. The predicted octanol–water partition coefficient (Wildman–Crippen LogP) is 2.17. The SMILES string of the molecule is Cc1ncc([C@H](CC(=O)O)NC(=O)OCc2ccccc2)n1C. The largest absolute Gasteiger partial charge is 0.481 e. The summed E-state index contributed by atoms with van der Waals surface area (Å²) < 4.78 is 6.88. The molecule has 0 radical (unpaired) electrons. The molecular formula is C16H19N3O4. The lowest BCUT2D eigenvalue weighted by atomic mass is 10.1. The summed E-state index contributed by atoms with van der Waals surface area (Å²) >= 11 is 0. The quantitative estimate of drug-likeness (QED) is 0.851. The van der Waals surface area contributed by atoms with Gasteiger partial charge in [0.25, 0.3) is 0 Å². The van der Waals surface area contributed by atoms with Crippen LogP contribution in [0.25, 0.3) is 0 Å².